The van der Waals surface area contributed by atoms with Gasteiger partial charge in [0.25, 0.3) is 5.91 Å². The van der Waals surface area contributed by atoms with Gasteiger partial charge >= 0.3 is 0 Å². The number of hydrogen-bond acceptors (Lipinski definition) is 2. The van der Waals surface area contributed by atoms with Crippen LogP contribution in [-0.2, 0) is 4.79 Å². The van der Waals surface area contributed by atoms with Crippen LogP contribution in [0.5, 0.6) is 5.75 Å². The van der Waals surface area contributed by atoms with Crippen molar-refractivity contribution in [3.63, 3.8) is 0 Å². The molecule has 0 radical (unpaired) electrons. The van der Waals surface area contributed by atoms with Crippen molar-refractivity contribution in [3.8, 4) is 5.75 Å². The second-order valence-corrected chi connectivity index (χ2v) is 7.68. The highest BCUT2D eigenvalue weighted by molar-refractivity contribution is 5.81. The van der Waals surface area contributed by atoms with Crippen LogP contribution in [0.25, 0.3) is 0 Å². The van der Waals surface area contributed by atoms with Crippen molar-refractivity contribution in [3.05, 3.63) is 29.8 Å². The Labute approximate surface area is 129 Å². The van der Waals surface area contributed by atoms with E-state index < -0.39 is 6.10 Å². The third-order valence-electron chi connectivity index (χ3n) is 3.14. The van der Waals surface area contributed by atoms with Gasteiger partial charge in [-0.15, -0.1) is 0 Å². The Kier molecular flexibility index (Phi) is 5.43. The topological polar surface area (TPSA) is 38.3 Å². The number of hydrogen-bond donors (Lipinski definition) is 1. The van der Waals surface area contributed by atoms with E-state index in [-0.39, 0.29) is 16.9 Å². The lowest BCUT2D eigenvalue weighted by atomic mass is 9.81. The molecule has 0 aliphatic heterocycles. The summed E-state index contributed by atoms with van der Waals surface area (Å²) < 4.78 is 5.70. The molecule has 1 N–H and O–H groups in total. The minimum Gasteiger partial charge on any atom is -0.481 e. The Morgan fingerprint density at radius 1 is 1.14 bits per heavy atom. The first-order chi connectivity index (χ1) is 9.48. The summed E-state index contributed by atoms with van der Waals surface area (Å²) in [6, 6.07) is 7.73. The van der Waals surface area contributed by atoms with Crippen molar-refractivity contribution in [2.24, 2.45) is 5.41 Å². The molecule has 1 rings (SSSR count). The number of rotatable bonds is 5. The zero-order chi connectivity index (χ0) is 16.3. The van der Waals surface area contributed by atoms with Gasteiger partial charge < -0.3 is 10.1 Å². The van der Waals surface area contributed by atoms with Gasteiger partial charge in [0.05, 0.1) is 0 Å². The largest absolute Gasteiger partial charge is 0.481 e. The molecule has 1 atom stereocenters. The number of nitrogens with one attached hydrogen (secondary N) is 1. The SMILES string of the molecule is Cc1ccc(O[C@H](C)C(=O)NC(C)(C)CC(C)(C)C)cc1. The summed E-state index contributed by atoms with van der Waals surface area (Å²) in [5, 5.41) is 3.08. The van der Waals surface area contributed by atoms with Crippen molar-refractivity contribution >= 4 is 5.91 Å². The third-order valence-corrected chi connectivity index (χ3v) is 3.14. The molecule has 0 bridgehead atoms. The molecule has 0 aliphatic rings. The van der Waals surface area contributed by atoms with Gasteiger partial charge in [-0.1, -0.05) is 38.5 Å². The molecule has 21 heavy (non-hydrogen) atoms. The van der Waals surface area contributed by atoms with E-state index in [4.69, 9.17) is 4.74 Å². The predicted octanol–water partition coefficient (Wildman–Crippen LogP) is 4.09. The fraction of sp³-hybridized carbons (Fsp3) is 0.611. The molecule has 3 nitrogen and oxygen atoms in total. The lowest BCUT2D eigenvalue weighted by Crippen LogP contribution is -2.50. The van der Waals surface area contributed by atoms with Crippen molar-refractivity contribution < 1.29 is 9.53 Å². The molecule has 0 heterocycles. The number of benzene rings is 1. The molecule has 1 amide bonds. The van der Waals surface area contributed by atoms with Crippen LogP contribution in [0.15, 0.2) is 24.3 Å². The zero-order valence-corrected chi connectivity index (χ0v) is 14.4. The van der Waals surface area contributed by atoms with Gasteiger partial charge in [-0.05, 0) is 51.7 Å². The first-order valence-corrected chi connectivity index (χ1v) is 7.54. The summed E-state index contributed by atoms with van der Waals surface area (Å²) in [5.74, 6) is 0.640. The predicted molar refractivity (Wildman–Crippen MR) is 87.6 cm³/mol. The smallest absolute Gasteiger partial charge is 0.261 e. The van der Waals surface area contributed by atoms with E-state index >= 15 is 0 Å². The third kappa shape index (κ3) is 6.65. The molecule has 0 aromatic heterocycles. The molecule has 118 valence electrons. The summed E-state index contributed by atoms with van der Waals surface area (Å²) in [4.78, 5) is 12.3. The van der Waals surface area contributed by atoms with Crippen LogP contribution < -0.4 is 10.1 Å². The minimum absolute atomic E-state index is 0.0789. The van der Waals surface area contributed by atoms with E-state index in [9.17, 15) is 4.79 Å². The Morgan fingerprint density at radius 3 is 2.14 bits per heavy atom. The van der Waals surface area contributed by atoms with Gasteiger partial charge in [-0.25, -0.2) is 0 Å². The molecule has 3 heteroatoms. The standard InChI is InChI=1S/C18H29NO2/c1-13-8-10-15(11-9-13)21-14(2)16(20)19-18(6,7)12-17(3,4)5/h8-11,14H,12H2,1-7H3,(H,19,20)/t14-/m1/s1. The Hall–Kier alpha value is -1.51. The quantitative estimate of drug-likeness (QED) is 0.887. The first kappa shape index (κ1) is 17.5. The van der Waals surface area contributed by atoms with Crippen molar-refractivity contribution in [1.82, 2.24) is 5.32 Å². The lowest BCUT2D eigenvalue weighted by molar-refractivity contribution is -0.129. The maximum atomic E-state index is 12.3. The van der Waals surface area contributed by atoms with Gasteiger partial charge in [0.1, 0.15) is 5.75 Å². The van der Waals surface area contributed by atoms with Gasteiger partial charge in [0.15, 0.2) is 6.10 Å². The van der Waals surface area contributed by atoms with Crippen molar-refractivity contribution in [2.45, 2.75) is 66.5 Å². The fourth-order valence-corrected chi connectivity index (χ4v) is 2.68. The molecule has 0 spiro atoms. The molecule has 0 fully saturated rings. The maximum absolute atomic E-state index is 12.3. The molecular weight excluding hydrogens is 262 g/mol. The van der Waals surface area contributed by atoms with E-state index in [0.29, 0.717) is 0 Å². The van der Waals surface area contributed by atoms with Crippen LogP contribution in [0.2, 0.25) is 0 Å². The lowest BCUT2D eigenvalue weighted by Gasteiger charge is -2.34. The Bertz CT molecular complexity index is 469. The van der Waals surface area contributed by atoms with Crippen LogP contribution in [0, 0.1) is 12.3 Å². The minimum atomic E-state index is -0.507. The average Bonchev–Trinajstić information content (AvgIpc) is 2.28. The summed E-state index contributed by atoms with van der Waals surface area (Å²) >= 11 is 0. The van der Waals surface area contributed by atoms with Crippen molar-refractivity contribution in [1.29, 1.82) is 0 Å². The second-order valence-electron chi connectivity index (χ2n) is 7.68. The van der Waals surface area contributed by atoms with Gasteiger partial charge in [-0.2, -0.15) is 0 Å². The maximum Gasteiger partial charge on any atom is 0.261 e. The number of amides is 1. The molecule has 1 aromatic rings. The van der Waals surface area contributed by atoms with Crippen LogP contribution in [-0.4, -0.2) is 17.6 Å². The average molecular weight is 291 g/mol. The van der Waals surface area contributed by atoms with Gasteiger partial charge in [0.2, 0.25) is 0 Å². The fourth-order valence-electron chi connectivity index (χ4n) is 2.68. The zero-order valence-electron chi connectivity index (χ0n) is 14.4. The number of aryl methyl sites for hydroxylation is 1. The summed E-state index contributed by atoms with van der Waals surface area (Å²) in [6.07, 6.45) is 0.398. The molecule has 1 aromatic carbocycles. The van der Waals surface area contributed by atoms with Crippen LogP contribution in [0.1, 0.15) is 53.5 Å². The van der Waals surface area contributed by atoms with Crippen LogP contribution in [0.4, 0.5) is 0 Å². The van der Waals surface area contributed by atoms with Gasteiger partial charge in [-0.3, -0.25) is 4.79 Å². The highest BCUT2D eigenvalue weighted by Gasteiger charge is 2.29. The number of carbonyl (C=O) groups excluding carboxylic acids is 1. The summed E-state index contributed by atoms with van der Waals surface area (Å²) in [5.41, 5.74) is 1.09. The molecular formula is C18H29NO2. The van der Waals surface area contributed by atoms with E-state index in [2.05, 4.69) is 39.9 Å². The van der Waals surface area contributed by atoms with Crippen LogP contribution >= 0.6 is 0 Å². The normalized spacial score (nSPS) is 13.7. The molecule has 0 unspecified atom stereocenters. The monoisotopic (exact) mass is 291 g/mol. The second kappa shape index (κ2) is 6.50. The Morgan fingerprint density at radius 2 is 1.67 bits per heavy atom. The van der Waals surface area contributed by atoms with E-state index in [0.717, 1.165) is 12.2 Å². The molecule has 0 saturated heterocycles. The van der Waals surface area contributed by atoms with E-state index in [1.54, 1.807) is 6.92 Å². The van der Waals surface area contributed by atoms with Crippen LogP contribution in [0.3, 0.4) is 0 Å². The molecule has 0 saturated carbocycles. The summed E-state index contributed by atoms with van der Waals surface area (Å²) in [6.45, 7) is 14.4. The van der Waals surface area contributed by atoms with Crippen molar-refractivity contribution in [2.75, 3.05) is 0 Å². The van der Waals surface area contributed by atoms with Gasteiger partial charge in [0, 0.05) is 5.54 Å². The highest BCUT2D eigenvalue weighted by Crippen LogP contribution is 2.27. The Balaban J connectivity index is 2.60. The number of carbonyl (C=O) groups is 1. The summed E-state index contributed by atoms with van der Waals surface area (Å²) in [7, 11) is 0. The molecule has 0 aliphatic carbocycles. The van der Waals surface area contributed by atoms with E-state index in [1.807, 2.05) is 31.2 Å². The first-order valence-electron chi connectivity index (χ1n) is 7.54. The van der Waals surface area contributed by atoms with E-state index in [1.165, 1.54) is 5.56 Å². The number of ether oxygens (including phenoxy) is 1. The highest BCUT2D eigenvalue weighted by atomic mass is 16.5.